The lowest BCUT2D eigenvalue weighted by Crippen LogP contribution is -1.97. The fraction of sp³-hybridized carbons (Fsp3) is 0.357. The van der Waals surface area contributed by atoms with Gasteiger partial charge in [0.05, 0.1) is 13.2 Å². The predicted molar refractivity (Wildman–Crippen MR) is 70.4 cm³/mol. The zero-order valence-electron chi connectivity index (χ0n) is 10.6. The number of rotatable bonds is 3. The van der Waals surface area contributed by atoms with Crippen molar-refractivity contribution in [3.8, 4) is 22.9 Å². The van der Waals surface area contributed by atoms with Gasteiger partial charge in [-0.15, -0.1) is 0 Å². The summed E-state index contributed by atoms with van der Waals surface area (Å²) in [5.41, 5.74) is 1.87. The van der Waals surface area contributed by atoms with Crippen LogP contribution in [-0.2, 0) is 6.42 Å². The Hall–Kier alpha value is -2.01. The number of benzene rings is 1. The van der Waals surface area contributed by atoms with Gasteiger partial charge in [0.15, 0.2) is 11.5 Å². The van der Waals surface area contributed by atoms with Crippen LogP contribution in [0.1, 0.15) is 12.1 Å². The number of nitrogens with one attached hydrogen (secondary N) is 1. The van der Waals surface area contributed by atoms with Gasteiger partial charge < -0.3 is 19.6 Å². The Morgan fingerprint density at radius 1 is 1.21 bits per heavy atom. The molecule has 5 nitrogen and oxygen atoms in total. The van der Waals surface area contributed by atoms with E-state index in [1.54, 1.807) is 6.20 Å². The normalized spacial score (nSPS) is 14.2. The monoisotopic (exact) mass is 260 g/mol. The molecule has 19 heavy (non-hydrogen) atoms. The molecule has 0 amide bonds. The molecule has 2 heterocycles. The Labute approximate surface area is 111 Å². The topological polar surface area (TPSA) is 67.4 Å². The van der Waals surface area contributed by atoms with Crippen LogP contribution in [0.2, 0.25) is 0 Å². The molecule has 5 heteroatoms. The number of fused-ring (bicyclic) bond motifs is 1. The van der Waals surface area contributed by atoms with Gasteiger partial charge in [-0.05, 0) is 18.2 Å². The zero-order valence-corrected chi connectivity index (χ0v) is 10.6. The molecule has 3 rings (SSSR count). The molecule has 1 aromatic heterocycles. The third-order valence-corrected chi connectivity index (χ3v) is 3.03. The minimum atomic E-state index is 0.114. The molecule has 0 radical (unpaired) electrons. The summed E-state index contributed by atoms with van der Waals surface area (Å²) < 4.78 is 11.3. The first kappa shape index (κ1) is 12.0. The molecule has 0 spiro atoms. The van der Waals surface area contributed by atoms with Gasteiger partial charge in [0, 0.05) is 36.9 Å². The Balaban J connectivity index is 1.89. The van der Waals surface area contributed by atoms with E-state index in [0.717, 1.165) is 35.0 Å². The van der Waals surface area contributed by atoms with Gasteiger partial charge in [0.25, 0.3) is 0 Å². The molecule has 2 aromatic rings. The highest BCUT2D eigenvalue weighted by molar-refractivity contribution is 5.61. The first-order chi connectivity index (χ1) is 9.36. The van der Waals surface area contributed by atoms with E-state index in [4.69, 9.17) is 14.6 Å². The number of aromatic amines is 1. The molecule has 0 saturated heterocycles. The Morgan fingerprint density at radius 2 is 2.05 bits per heavy atom. The second kappa shape index (κ2) is 5.32. The first-order valence-electron chi connectivity index (χ1n) is 6.41. The second-order valence-corrected chi connectivity index (χ2v) is 4.44. The Bertz CT molecular complexity index is 566. The van der Waals surface area contributed by atoms with Crippen molar-refractivity contribution in [3.63, 3.8) is 0 Å². The highest BCUT2D eigenvalue weighted by Gasteiger charge is 2.12. The Kier molecular flexibility index (Phi) is 3.37. The maximum atomic E-state index is 8.90. The standard InChI is InChI=1S/C14H16N2O3/c17-5-4-11-9-15-14(16-11)10-2-3-12-13(8-10)19-7-1-6-18-12/h2-3,8-9,17H,1,4-7H2,(H,15,16). The Morgan fingerprint density at radius 3 is 2.89 bits per heavy atom. The lowest BCUT2D eigenvalue weighted by Gasteiger charge is -2.08. The van der Waals surface area contributed by atoms with Crippen molar-refractivity contribution in [3.05, 3.63) is 30.1 Å². The molecule has 0 unspecified atom stereocenters. The molecule has 1 aliphatic rings. The lowest BCUT2D eigenvalue weighted by atomic mass is 10.2. The molecule has 0 atom stereocenters. The predicted octanol–water partition coefficient (Wildman–Crippen LogP) is 1.77. The molecule has 0 aliphatic carbocycles. The number of imidazole rings is 1. The van der Waals surface area contributed by atoms with Gasteiger partial charge in [0.1, 0.15) is 5.82 Å². The van der Waals surface area contributed by atoms with Crippen LogP contribution in [0.4, 0.5) is 0 Å². The third-order valence-electron chi connectivity index (χ3n) is 3.03. The highest BCUT2D eigenvalue weighted by Crippen LogP contribution is 2.33. The molecule has 1 aliphatic heterocycles. The van der Waals surface area contributed by atoms with Crippen molar-refractivity contribution in [2.75, 3.05) is 19.8 Å². The van der Waals surface area contributed by atoms with Crippen LogP contribution >= 0.6 is 0 Å². The molecule has 100 valence electrons. The van der Waals surface area contributed by atoms with E-state index in [9.17, 15) is 0 Å². The van der Waals surface area contributed by atoms with Gasteiger partial charge in [-0.1, -0.05) is 0 Å². The number of aliphatic hydroxyl groups excluding tert-OH is 1. The van der Waals surface area contributed by atoms with E-state index in [1.807, 2.05) is 18.2 Å². The zero-order chi connectivity index (χ0) is 13.1. The van der Waals surface area contributed by atoms with E-state index < -0.39 is 0 Å². The summed E-state index contributed by atoms with van der Waals surface area (Å²) in [6, 6.07) is 5.79. The number of aliphatic hydroxyl groups is 1. The van der Waals surface area contributed by atoms with Crippen molar-refractivity contribution < 1.29 is 14.6 Å². The van der Waals surface area contributed by atoms with Crippen LogP contribution < -0.4 is 9.47 Å². The van der Waals surface area contributed by atoms with Crippen LogP contribution in [0.3, 0.4) is 0 Å². The van der Waals surface area contributed by atoms with Gasteiger partial charge in [-0.2, -0.15) is 0 Å². The van der Waals surface area contributed by atoms with Gasteiger partial charge in [-0.25, -0.2) is 4.98 Å². The van der Waals surface area contributed by atoms with Crippen molar-refractivity contribution in [1.82, 2.24) is 9.97 Å². The van der Waals surface area contributed by atoms with Crippen LogP contribution in [0.15, 0.2) is 24.4 Å². The number of hydrogen-bond donors (Lipinski definition) is 2. The van der Waals surface area contributed by atoms with Crippen molar-refractivity contribution in [1.29, 1.82) is 0 Å². The van der Waals surface area contributed by atoms with E-state index in [-0.39, 0.29) is 6.61 Å². The van der Waals surface area contributed by atoms with E-state index in [2.05, 4.69) is 9.97 Å². The molecule has 0 saturated carbocycles. The molecular weight excluding hydrogens is 244 g/mol. The maximum absolute atomic E-state index is 8.90. The van der Waals surface area contributed by atoms with E-state index in [0.29, 0.717) is 19.6 Å². The van der Waals surface area contributed by atoms with Crippen molar-refractivity contribution in [2.45, 2.75) is 12.8 Å². The fourth-order valence-electron chi connectivity index (χ4n) is 2.06. The molecular formula is C14H16N2O3. The van der Waals surface area contributed by atoms with Crippen LogP contribution in [0.5, 0.6) is 11.5 Å². The first-order valence-corrected chi connectivity index (χ1v) is 6.41. The molecule has 1 aromatic carbocycles. The molecule has 2 N–H and O–H groups in total. The largest absolute Gasteiger partial charge is 0.490 e. The summed E-state index contributed by atoms with van der Waals surface area (Å²) in [5, 5.41) is 8.90. The van der Waals surface area contributed by atoms with Gasteiger partial charge in [0.2, 0.25) is 0 Å². The number of ether oxygens (including phenoxy) is 2. The second-order valence-electron chi connectivity index (χ2n) is 4.44. The summed E-state index contributed by atoms with van der Waals surface area (Å²) in [4.78, 5) is 7.50. The highest BCUT2D eigenvalue weighted by atomic mass is 16.5. The van der Waals surface area contributed by atoms with Crippen molar-refractivity contribution >= 4 is 0 Å². The summed E-state index contributed by atoms with van der Waals surface area (Å²) in [7, 11) is 0. The SMILES string of the molecule is OCCc1cnc(-c2ccc3c(c2)OCCCO3)[nH]1. The smallest absolute Gasteiger partial charge is 0.161 e. The lowest BCUT2D eigenvalue weighted by molar-refractivity contribution is 0.297. The van der Waals surface area contributed by atoms with Gasteiger partial charge >= 0.3 is 0 Å². The van der Waals surface area contributed by atoms with Crippen LogP contribution in [-0.4, -0.2) is 34.9 Å². The van der Waals surface area contributed by atoms with Gasteiger partial charge in [-0.3, -0.25) is 0 Å². The number of nitrogens with zero attached hydrogens (tertiary/aromatic N) is 1. The molecule has 0 bridgehead atoms. The summed E-state index contributed by atoms with van der Waals surface area (Å²) in [5.74, 6) is 2.32. The van der Waals surface area contributed by atoms with Crippen LogP contribution in [0.25, 0.3) is 11.4 Å². The van der Waals surface area contributed by atoms with Crippen LogP contribution in [0, 0.1) is 0 Å². The average Bonchev–Trinajstić information content (AvgIpc) is 2.76. The molecule has 0 fully saturated rings. The van der Waals surface area contributed by atoms with E-state index in [1.165, 1.54) is 0 Å². The maximum Gasteiger partial charge on any atom is 0.161 e. The minimum Gasteiger partial charge on any atom is -0.490 e. The third kappa shape index (κ3) is 2.56. The quantitative estimate of drug-likeness (QED) is 0.882. The summed E-state index contributed by atoms with van der Waals surface area (Å²) >= 11 is 0. The minimum absolute atomic E-state index is 0.114. The van der Waals surface area contributed by atoms with Crippen molar-refractivity contribution in [2.24, 2.45) is 0 Å². The fourth-order valence-corrected chi connectivity index (χ4v) is 2.06. The number of aromatic nitrogens is 2. The van der Waals surface area contributed by atoms with E-state index >= 15 is 0 Å². The average molecular weight is 260 g/mol. The number of H-pyrrole nitrogens is 1. The number of hydrogen-bond acceptors (Lipinski definition) is 4. The summed E-state index contributed by atoms with van der Waals surface area (Å²) in [6.45, 7) is 1.47. The summed E-state index contributed by atoms with van der Waals surface area (Å²) in [6.07, 6.45) is 3.22.